The molecule has 0 radical (unpaired) electrons. The van der Waals surface area contributed by atoms with Crippen molar-refractivity contribution in [2.75, 3.05) is 33.2 Å². The zero-order valence-corrected chi connectivity index (χ0v) is 20.6. The van der Waals surface area contributed by atoms with Gasteiger partial charge >= 0.3 is 0 Å². The lowest BCUT2D eigenvalue weighted by Gasteiger charge is -2.39. The molecule has 9 heteroatoms. The normalized spacial score (nSPS) is 19.3. The second kappa shape index (κ2) is 11.6. The predicted octanol–water partition coefficient (Wildman–Crippen LogP) is 1.33. The third-order valence-corrected chi connectivity index (χ3v) is 7.05. The topological polar surface area (TPSA) is 99.6 Å². The molecule has 1 aromatic rings. The first-order valence-electron chi connectivity index (χ1n) is 12.4. The maximum Gasteiger partial charge on any atom is 0.272 e. The summed E-state index contributed by atoms with van der Waals surface area (Å²) in [5.41, 5.74) is 1.52. The molecule has 33 heavy (non-hydrogen) atoms. The smallest absolute Gasteiger partial charge is 0.272 e. The van der Waals surface area contributed by atoms with Gasteiger partial charge in [-0.3, -0.25) is 19.1 Å². The first kappa shape index (κ1) is 25.2. The minimum Gasteiger partial charge on any atom is -0.343 e. The average molecular weight is 461 g/mol. The fourth-order valence-electron chi connectivity index (χ4n) is 4.85. The summed E-state index contributed by atoms with van der Waals surface area (Å²) in [7, 11) is 3.54. The predicted molar refractivity (Wildman–Crippen MR) is 127 cm³/mol. The van der Waals surface area contributed by atoms with E-state index in [4.69, 9.17) is 0 Å². The molecule has 2 heterocycles. The maximum absolute atomic E-state index is 13.5. The Hall–Kier alpha value is -2.42. The van der Waals surface area contributed by atoms with Crippen LogP contribution >= 0.6 is 0 Å². The van der Waals surface area contributed by atoms with Crippen LogP contribution in [-0.4, -0.2) is 82.6 Å². The van der Waals surface area contributed by atoms with Gasteiger partial charge in [0.2, 0.25) is 11.8 Å². The lowest BCUT2D eigenvalue weighted by Crippen LogP contribution is -2.59. The Bertz CT molecular complexity index is 824. The van der Waals surface area contributed by atoms with Crippen LogP contribution in [-0.2, 0) is 23.1 Å². The molecule has 1 saturated carbocycles. The molecule has 184 valence electrons. The number of likely N-dealkylation sites (N-methyl/N-ethyl adjacent to an activating group) is 1. The van der Waals surface area contributed by atoms with Gasteiger partial charge in [0.05, 0.1) is 11.7 Å². The van der Waals surface area contributed by atoms with E-state index in [1.165, 1.54) is 6.42 Å². The number of hydrogen-bond acceptors (Lipinski definition) is 5. The quantitative estimate of drug-likeness (QED) is 0.610. The van der Waals surface area contributed by atoms with Crippen molar-refractivity contribution in [3.8, 4) is 0 Å². The van der Waals surface area contributed by atoms with E-state index in [0.717, 1.165) is 44.2 Å². The van der Waals surface area contributed by atoms with Gasteiger partial charge in [-0.25, -0.2) is 0 Å². The Balaban J connectivity index is 1.63. The highest BCUT2D eigenvalue weighted by atomic mass is 16.2. The van der Waals surface area contributed by atoms with Gasteiger partial charge in [-0.15, -0.1) is 0 Å². The number of carbonyl (C=O) groups excluding carboxylic acids is 3. The molecule has 9 nitrogen and oxygen atoms in total. The first-order chi connectivity index (χ1) is 15.8. The van der Waals surface area contributed by atoms with Gasteiger partial charge in [0.25, 0.3) is 5.91 Å². The molecule has 2 atom stereocenters. The molecule has 2 unspecified atom stereocenters. The molecule has 3 amide bonds. The van der Waals surface area contributed by atoms with Crippen LogP contribution in [0.3, 0.4) is 0 Å². The minimum absolute atomic E-state index is 0.0172. The van der Waals surface area contributed by atoms with Gasteiger partial charge in [-0.2, -0.15) is 5.10 Å². The van der Waals surface area contributed by atoms with Crippen LogP contribution in [0.25, 0.3) is 0 Å². The van der Waals surface area contributed by atoms with Crippen molar-refractivity contribution < 1.29 is 14.4 Å². The molecular weight excluding hydrogens is 420 g/mol. The van der Waals surface area contributed by atoms with Gasteiger partial charge < -0.3 is 20.4 Å². The summed E-state index contributed by atoms with van der Waals surface area (Å²) in [5.74, 6) is -0.0319. The van der Waals surface area contributed by atoms with Crippen LogP contribution in [0.15, 0.2) is 6.07 Å². The van der Waals surface area contributed by atoms with Gasteiger partial charge in [0.15, 0.2) is 0 Å². The number of piperazine rings is 1. The minimum atomic E-state index is -0.496. The Kier molecular flexibility index (Phi) is 8.88. The molecule has 1 aliphatic heterocycles. The zero-order valence-electron chi connectivity index (χ0n) is 20.6. The molecule has 0 spiro atoms. The largest absolute Gasteiger partial charge is 0.343 e. The van der Waals surface area contributed by atoms with Crippen LogP contribution < -0.4 is 10.6 Å². The Morgan fingerprint density at radius 3 is 2.33 bits per heavy atom. The first-order valence-corrected chi connectivity index (χ1v) is 12.4. The van der Waals surface area contributed by atoms with Crippen molar-refractivity contribution in [2.24, 2.45) is 13.0 Å². The maximum atomic E-state index is 13.5. The van der Waals surface area contributed by atoms with E-state index in [-0.39, 0.29) is 29.7 Å². The van der Waals surface area contributed by atoms with E-state index in [0.29, 0.717) is 31.9 Å². The van der Waals surface area contributed by atoms with E-state index in [1.54, 1.807) is 30.6 Å². The van der Waals surface area contributed by atoms with Gasteiger partial charge in [-0.1, -0.05) is 32.6 Å². The second-order valence-electron chi connectivity index (χ2n) is 9.41. The zero-order chi connectivity index (χ0) is 24.0. The third kappa shape index (κ3) is 6.13. The van der Waals surface area contributed by atoms with Gasteiger partial charge in [-0.05, 0) is 45.2 Å². The second-order valence-corrected chi connectivity index (χ2v) is 9.41. The Morgan fingerprint density at radius 1 is 1.09 bits per heavy atom. The van der Waals surface area contributed by atoms with E-state index < -0.39 is 6.04 Å². The number of amides is 3. The average Bonchev–Trinajstić information content (AvgIpc) is 3.21. The summed E-state index contributed by atoms with van der Waals surface area (Å²) in [6.07, 6.45) is 7.14. The molecule has 2 aliphatic rings. The molecule has 0 aromatic carbocycles. The fraction of sp³-hybridized carbons (Fsp3) is 0.750. The van der Waals surface area contributed by atoms with E-state index in [9.17, 15) is 14.4 Å². The van der Waals surface area contributed by atoms with Crippen molar-refractivity contribution in [2.45, 2.75) is 70.9 Å². The van der Waals surface area contributed by atoms with Crippen LogP contribution in [0.2, 0.25) is 0 Å². The fourth-order valence-corrected chi connectivity index (χ4v) is 4.85. The number of rotatable bonds is 8. The Labute approximate surface area is 197 Å². The van der Waals surface area contributed by atoms with Crippen LogP contribution in [0.1, 0.15) is 68.6 Å². The number of nitrogens with one attached hydrogen (secondary N) is 2. The molecular formula is C24H40N6O3. The van der Waals surface area contributed by atoms with Gasteiger partial charge in [0, 0.05) is 33.2 Å². The lowest BCUT2D eigenvalue weighted by molar-refractivity contribution is -0.140. The Morgan fingerprint density at radius 2 is 1.73 bits per heavy atom. The van der Waals surface area contributed by atoms with Crippen LogP contribution in [0, 0.1) is 5.92 Å². The van der Waals surface area contributed by atoms with Crippen molar-refractivity contribution in [1.82, 2.24) is 30.2 Å². The van der Waals surface area contributed by atoms with Crippen LogP contribution in [0.4, 0.5) is 0 Å². The lowest BCUT2D eigenvalue weighted by atomic mass is 9.83. The number of hydrogen-bond donors (Lipinski definition) is 2. The van der Waals surface area contributed by atoms with Crippen molar-refractivity contribution in [1.29, 1.82) is 0 Å². The monoisotopic (exact) mass is 460 g/mol. The highest BCUT2D eigenvalue weighted by Crippen LogP contribution is 2.28. The number of carbonyl (C=O) groups is 3. The standard InChI is InChI=1S/C24H40N6O3/c1-5-9-19-16-20(28(4)27-19)23(32)29-12-14-30(15-13-29)24(33)21(18-10-7-6-8-11-18)26-22(31)17(2)25-3/h16-18,21,25H,5-15H2,1-4H3,(H,26,31). The number of nitrogens with zero attached hydrogens (tertiary/aromatic N) is 4. The van der Waals surface area contributed by atoms with Crippen molar-refractivity contribution >= 4 is 17.7 Å². The summed E-state index contributed by atoms with van der Waals surface area (Å²) in [4.78, 5) is 42.7. The van der Waals surface area contributed by atoms with E-state index in [2.05, 4.69) is 22.7 Å². The third-order valence-electron chi connectivity index (χ3n) is 7.05. The van der Waals surface area contributed by atoms with Crippen molar-refractivity contribution in [3.63, 3.8) is 0 Å². The molecule has 2 N–H and O–H groups in total. The number of aromatic nitrogens is 2. The molecule has 3 rings (SSSR count). The van der Waals surface area contributed by atoms with Crippen LogP contribution in [0.5, 0.6) is 0 Å². The van der Waals surface area contributed by atoms with E-state index in [1.807, 2.05) is 11.0 Å². The summed E-state index contributed by atoms with van der Waals surface area (Å²) in [6, 6.07) is 1.03. The highest BCUT2D eigenvalue weighted by Gasteiger charge is 2.36. The SMILES string of the molecule is CCCc1cc(C(=O)N2CCN(C(=O)C(NC(=O)C(C)NC)C3CCCCC3)CC2)n(C)n1. The molecule has 1 aromatic heterocycles. The molecule has 1 aliphatic carbocycles. The summed E-state index contributed by atoms with van der Waals surface area (Å²) in [5, 5.41) is 10.4. The van der Waals surface area contributed by atoms with Gasteiger partial charge in [0.1, 0.15) is 11.7 Å². The summed E-state index contributed by atoms with van der Waals surface area (Å²) >= 11 is 0. The van der Waals surface area contributed by atoms with E-state index >= 15 is 0 Å². The summed E-state index contributed by atoms with van der Waals surface area (Å²) in [6.45, 7) is 5.81. The molecule has 0 bridgehead atoms. The molecule has 1 saturated heterocycles. The summed E-state index contributed by atoms with van der Waals surface area (Å²) < 4.78 is 1.66. The van der Waals surface area contributed by atoms with Crippen molar-refractivity contribution in [3.05, 3.63) is 17.5 Å². The highest BCUT2D eigenvalue weighted by molar-refractivity contribution is 5.93. The molecule has 2 fully saturated rings. The number of aryl methyl sites for hydroxylation is 2.